The summed E-state index contributed by atoms with van der Waals surface area (Å²) >= 11 is 1.64. The van der Waals surface area contributed by atoms with E-state index in [4.69, 9.17) is 4.42 Å². The van der Waals surface area contributed by atoms with E-state index in [0.29, 0.717) is 22.4 Å². The van der Waals surface area contributed by atoms with E-state index < -0.39 is 0 Å². The molecule has 3 heterocycles. The van der Waals surface area contributed by atoms with Crippen molar-refractivity contribution in [2.45, 2.75) is 31.1 Å². The lowest BCUT2D eigenvalue weighted by Crippen LogP contribution is -2.30. The number of piperidine rings is 1. The van der Waals surface area contributed by atoms with Gasteiger partial charge in [-0.15, -0.1) is 11.8 Å². The van der Waals surface area contributed by atoms with Crippen molar-refractivity contribution in [2.24, 2.45) is 0 Å². The number of rotatable bonds is 4. The highest BCUT2D eigenvalue weighted by atomic mass is 32.2. The first-order valence-corrected chi connectivity index (χ1v) is 10.3. The van der Waals surface area contributed by atoms with E-state index in [1.54, 1.807) is 18.7 Å². The van der Waals surface area contributed by atoms with Crippen LogP contribution in [0.3, 0.4) is 0 Å². The summed E-state index contributed by atoms with van der Waals surface area (Å²) in [7, 11) is 0. The Kier molecular flexibility index (Phi) is 5.03. The standard InChI is InChI=1S/C20H22N4O2S/c1-13-16(19(25)23-14-7-6-8-15(11-14)27-2)17-18(21-12-22-20(17)26-13)24-9-4-3-5-10-24/h6-8,11-12H,3-5,9-10H2,1-2H3,(H,23,25). The number of anilines is 2. The highest BCUT2D eigenvalue weighted by Gasteiger charge is 2.25. The highest BCUT2D eigenvalue weighted by Crippen LogP contribution is 2.33. The number of benzene rings is 1. The molecule has 140 valence electrons. The molecule has 1 fully saturated rings. The summed E-state index contributed by atoms with van der Waals surface area (Å²) in [4.78, 5) is 25.2. The third-order valence-corrected chi connectivity index (χ3v) is 5.58. The number of nitrogens with one attached hydrogen (secondary N) is 1. The molecule has 0 aliphatic carbocycles. The van der Waals surface area contributed by atoms with Crippen LogP contribution in [0.25, 0.3) is 11.1 Å². The van der Waals surface area contributed by atoms with Crippen LogP contribution in [0, 0.1) is 6.92 Å². The molecule has 0 saturated carbocycles. The van der Waals surface area contributed by atoms with Gasteiger partial charge in [0.1, 0.15) is 17.9 Å². The monoisotopic (exact) mass is 382 g/mol. The molecule has 0 bridgehead atoms. The van der Waals surface area contributed by atoms with Gasteiger partial charge in [0.05, 0.1) is 10.9 Å². The van der Waals surface area contributed by atoms with Gasteiger partial charge in [-0.2, -0.15) is 0 Å². The molecule has 6 nitrogen and oxygen atoms in total. The summed E-state index contributed by atoms with van der Waals surface area (Å²) < 4.78 is 5.79. The number of furan rings is 1. The fourth-order valence-electron chi connectivity index (χ4n) is 3.54. The number of aromatic nitrogens is 2. The van der Waals surface area contributed by atoms with Crippen LogP contribution in [-0.4, -0.2) is 35.2 Å². The van der Waals surface area contributed by atoms with Gasteiger partial charge in [0.2, 0.25) is 5.71 Å². The summed E-state index contributed by atoms with van der Waals surface area (Å²) in [6.45, 7) is 3.68. The SMILES string of the molecule is CSc1cccc(NC(=O)c2c(C)oc3ncnc(N4CCCCC4)c23)c1. The Morgan fingerprint density at radius 3 is 2.81 bits per heavy atom. The van der Waals surface area contributed by atoms with Gasteiger partial charge in [-0.05, 0) is 50.6 Å². The summed E-state index contributed by atoms with van der Waals surface area (Å²) in [5.41, 5.74) is 1.74. The lowest BCUT2D eigenvalue weighted by Gasteiger charge is -2.28. The van der Waals surface area contributed by atoms with Gasteiger partial charge >= 0.3 is 0 Å². The maximum Gasteiger partial charge on any atom is 0.260 e. The molecule has 7 heteroatoms. The number of amides is 1. The Morgan fingerprint density at radius 1 is 1.22 bits per heavy atom. The van der Waals surface area contributed by atoms with Gasteiger partial charge in [0, 0.05) is 23.7 Å². The van der Waals surface area contributed by atoms with Crippen LogP contribution >= 0.6 is 11.8 Å². The van der Waals surface area contributed by atoms with Gasteiger partial charge in [-0.1, -0.05) is 6.07 Å². The molecule has 1 saturated heterocycles. The summed E-state index contributed by atoms with van der Waals surface area (Å²) in [6.07, 6.45) is 7.01. The van der Waals surface area contributed by atoms with E-state index in [9.17, 15) is 4.79 Å². The van der Waals surface area contributed by atoms with Crippen LogP contribution in [-0.2, 0) is 0 Å². The minimum absolute atomic E-state index is 0.197. The Balaban J connectivity index is 1.73. The van der Waals surface area contributed by atoms with Crippen molar-refractivity contribution in [3.05, 3.63) is 41.9 Å². The zero-order chi connectivity index (χ0) is 18.8. The van der Waals surface area contributed by atoms with Crippen molar-refractivity contribution in [3.8, 4) is 0 Å². The number of hydrogen-bond acceptors (Lipinski definition) is 6. The summed E-state index contributed by atoms with van der Waals surface area (Å²) in [5, 5.41) is 3.70. The number of fused-ring (bicyclic) bond motifs is 1. The third-order valence-electron chi connectivity index (χ3n) is 4.85. The molecule has 1 aromatic carbocycles. The van der Waals surface area contributed by atoms with E-state index in [-0.39, 0.29) is 5.91 Å². The number of carbonyl (C=O) groups is 1. The predicted molar refractivity (Wildman–Crippen MR) is 109 cm³/mol. The summed E-state index contributed by atoms with van der Waals surface area (Å²) in [5.74, 6) is 1.15. The van der Waals surface area contributed by atoms with Crippen LogP contribution < -0.4 is 10.2 Å². The zero-order valence-corrected chi connectivity index (χ0v) is 16.3. The van der Waals surface area contributed by atoms with Gasteiger partial charge in [0.25, 0.3) is 5.91 Å². The Morgan fingerprint density at radius 2 is 2.04 bits per heavy atom. The van der Waals surface area contributed by atoms with Crippen LogP contribution in [0.4, 0.5) is 11.5 Å². The smallest absolute Gasteiger partial charge is 0.260 e. The molecule has 1 N–H and O–H groups in total. The number of thioether (sulfide) groups is 1. The quantitative estimate of drug-likeness (QED) is 0.670. The molecule has 3 aromatic rings. The Labute approximate surface area is 162 Å². The minimum Gasteiger partial charge on any atom is -0.442 e. The van der Waals surface area contributed by atoms with Crippen LogP contribution in [0.1, 0.15) is 35.4 Å². The largest absolute Gasteiger partial charge is 0.442 e. The molecule has 1 aliphatic rings. The lowest BCUT2D eigenvalue weighted by molar-refractivity contribution is 0.102. The molecule has 4 rings (SSSR count). The van der Waals surface area contributed by atoms with E-state index in [1.165, 1.54) is 12.7 Å². The van der Waals surface area contributed by atoms with Gasteiger partial charge in [-0.3, -0.25) is 4.79 Å². The number of hydrogen-bond donors (Lipinski definition) is 1. The molecule has 0 atom stereocenters. The molecule has 0 unspecified atom stereocenters. The maximum absolute atomic E-state index is 13.1. The maximum atomic E-state index is 13.1. The van der Waals surface area contributed by atoms with Crippen molar-refractivity contribution in [1.82, 2.24) is 9.97 Å². The molecule has 0 radical (unpaired) electrons. The van der Waals surface area contributed by atoms with E-state index in [2.05, 4.69) is 20.2 Å². The van der Waals surface area contributed by atoms with E-state index in [0.717, 1.165) is 42.3 Å². The van der Waals surface area contributed by atoms with Crippen molar-refractivity contribution >= 4 is 40.3 Å². The molecular formula is C20H22N4O2S. The second kappa shape index (κ2) is 7.60. The number of carbonyl (C=O) groups excluding carboxylic acids is 1. The lowest BCUT2D eigenvalue weighted by atomic mass is 10.1. The van der Waals surface area contributed by atoms with Crippen molar-refractivity contribution in [3.63, 3.8) is 0 Å². The number of aryl methyl sites for hydroxylation is 1. The van der Waals surface area contributed by atoms with Crippen LogP contribution in [0.5, 0.6) is 0 Å². The predicted octanol–water partition coefficient (Wildman–Crippen LogP) is 4.50. The van der Waals surface area contributed by atoms with Crippen molar-refractivity contribution < 1.29 is 9.21 Å². The molecule has 1 aliphatic heterocycles. The highest BCUT2D eigenvalue weighted by molar-refractivity contribution is 7.98. The fourth-order valence-corrected chi connectivity index (χ4v) is 4.00. The normalized spacial score (nSPS) is 14.5. The Bertz CT molecular complexity index is 979. The van der Waals surface area contributed by atoms with Gasteiger partial charge in [0.15, 0.2) is 0 Å². The van der Waals surface area contributed by atoms with Crippen molar-refractivity contribution in [2.75, 3.05) is 29.6 Å². The van der Waals surface area contributed by atoms with Gasteiger partial charge in [-0.25, -0.2) is 9.97 Å². The third kappa shape index (κ3) is 3.51. The van der Waals surface area contributed by atoms with E-state index in [1.807, 2.05) is 30.5 Å². The minimum atomic E-state index is -0.197. The van der Waals surface area contributed by atoms with Gasteiger partial charge < -0.3 is 14.6 Å². The average Bonchev–Trinajstić information content (AvgIpc) is 3.04. The Hall–Kier alpha value is -2.54. The van der Waals surface area contributed by atoms with E-state index >= 15 is 0 Å². The molecular weight excluding hydrogens is 360 g/mol. The number of nitrogens with zero attached hydrogens (tertiary/aromatic N) is 3. The molecule has 0 spiro atoms. The average molecular weight is 382 g/mol. The second-order valence-corrected chi connectivity index (χ2v) is 7.52. The molecule has 1 amide bonds. The zero-order valence-electron chi connectivity index (χ0n) is 15.5. The van der Waals surface area contributed by atoms with Crippen molar-refractivity contribution in [1.29, 1.82) is 0 Å². The van der Waals surface area contributed by atoms with Crippen LogP contribution in [0.2, 0.25) is 0 Å². The first-order chi connectivity index (χ1) is 13.2. The first-order valence-electron chi connectivity index (χ1n) is 9.12. The summed E-state index contributed by atoms with van der Waals surface area (Å²) in [6, 6.07) is 7.80. The fraction of sp³-hybridized carbons (Fsp3) is 0.350. The first kappa shape index (κ1) is 17.9. The van der Waals surface area contributed by atoms with Crippen LogP contribution in [0.15, 0.2) is 39.9 Å². The second-order valence-electron chi connectivity index (χ2n) is 6.64. The molecule has 2 aromatic heterocycles. The topological polar surface area (TPSA) is 71.3 Å². The molecule has 27 heavy (non-hydrogen) atoms.